The van der Waals surface area contributed by atoms with Crippen LogP contribution in [0.2, 0.25) is 0 Å². The van der Waals surface area contributed by atoms with Crippen molar-refractivity contribution in [3.8, 4) is 5.75 Å². The van der Waals surface area contributed by atoms with Crippen LogP contribution in [-0.4, -0.2) is 47.4 Å². The van der Waals surface area contributed by atoms with E-state index in [2.05, 4.69) is 0 Å². The topological polar surface area (TPSA) is 49.9 Å². The van der Waals surface area contributed by atoms with E-state index in [1.807, 2.05) is 25.3 Å². The van der Waals surface area contributed by atoms with Gasteiger partial charge in [0.05, 0.1) is 12.6 Å². The van der Waals surface area contributed by atoms with Gasteiger partial charge in [0.15, 0.2) is 0 Å². The van der Waals surface area contributed by atoms with E-state index >= 15 is 0 Å². The summed E-state index contributed by atoms with van der Waals surface area (Å²) in [7, 11) is 0. The number of rotatable bonds is 7. The Bertz CT molecular complexity index is 869. The van der Waals surface area contributed by atoms with Crippen LogP contribution in [0.25, 0.3) is 0 Å². The summed E-state index contributed by atoms with van der Waals surface area (Å²) in [6.45, 7) is 6.32. The molecular formula is C22H27FN2O3S. The van der Waals surface area contributed by atoms with E-state index < -0.39 is 0 Å². The molecule has 7 heteroatoms. The number of nitrogens with zero attached hydrogens (tertiary/aromatic N) is 2. The summed E-state index contributed by atoms with van der Waals surface area (Å²) < 4.78 is 19.3. The lowest BCUT2D eigenvalue weighted by atomic mass is 10.00. The summed E-state index contributed by atoms with van der Waals surface area (Å²) in [5.41, 5.74) is 1.07. The fourth-order valence-corrected chi connectivity index (χ4v) is 4.57. The highest BCUT2D eigenvalue weighted by molar-refractivity contribution is 7.10. The summed E-state index contributed by atoms with van der Waals surface area (Å²) in [5.74, 6) is -0.121. The van der Waals surface area contributed by atoms with E-state index in [-0.39, 0.29) is 42.9 Å². The number of benzene rings is 1. The van der Waals surface area contributed by atoms with Crippen molar-refractivity contribution in [2.24, 2.45) is 0 Å². The second-order valence-corrected chi connectivity index (χ2v) is 8.33. The van der Waals surface area contributed by atoms with E-state index in [9.17, 15) is 14.0 Å². The molecule has 0 bridgehead atoms. The van der Waals surface area contributed by atoms with Crippen molar-refractivity contribution in [3.63, 3.8) is 0 Å². The smallest absolute Gasteiger partial charge is 0.242 e. The maximum atomic E-state index is 13.5. The summed E-state index contributed by atoms with van der Waals surface area (Å²) >= 11 is 1.68. The van der Waals surface area contributed by atoms with Crippen LogP contribution in [0.3, 0.4) is 0 Å². The molecule has 1 aromatic heterocycles. The molecule has 2 amide bonds. The Hall–Kier alpha value is -2.41. The standard InChI is InChI=1S/C22H27FN2O3S/c1-4-15(2)25(16(3)26)13-22(27)24-10-8-21-19(9-11-29-21)20(24)14-28-18-7-5-6-17(23)12-18/h5-7,9,11-12,15,20H,4,8,10,13-14H2,1-3H3. The number of hydrogen-bond acceptors (Lipinski definition) is 4. The molecule has 2 unspecified atom stereocenters. The molecule has 2 atom stereocenters. The van der Waals surface area contributed by atoms with Gasteiger partial charge in [-0.15, -0.1) is 11.3 Å². The minimum Gasteiger partial charge on any atom is -0.491 e. The first-order valence-corrected chi connectivity index (χ1v) is 10.8. The van der Waals surface area contributed by atoms with Crippen LogP contribution in [0.1, 0.15) is 43.7 Å². The molecule has 1 aliphatic heterocycles. The molecule has 0 N–H and O–H groups in total. The lowest BCUT2D eigenvalue weighted by Crippen LogP contribution is -2.49. The zero-order chi connectivity index (χ0) is 21.0. The van der Waals surface area contributed by atoms with E-state index in [1.54, 1.807) is 33.3 Å². The number of hydrogen-bond donors (Lipinski definition) is 0. The van der Waals surface area contributed by atoms with Crippen molar-refractivity contribution >= 4 is 23.2 Å². The molecule has 2 heterocycles. The lowest BCUT2D eigenvalue weighted by Gasteiger charge is -2.37. The van der Waals surface area contributed by atoms with Crippen molar-refractivity contribution in [2.45, 2.75) is 45.7 Å². The van der Waals surface area contributed by atoms with Crippen LogP contribution in [0, 0.1) is 5.82 Å². The van der Waals surface area contributed by atoms with Gasteiger partial charge in [0.2, 0.25) is 11.8 Å². The van der Waals surface area contributed by atoms with Crippen LogP contribution in [0.5, 0.6) is 5.75 Å². The quantitative estimate of drug-likeness (QED) is 0.682. The fourth-order valence-electron chi connectivity index (χ4n) is 3.64. The van der Waals surface area contributed by atoms with Gasteiger partial charge in [0, 0.05) is 30.5 Å². The Morgan fingerprint density at radius 1 is 1.38 bits per heavy atom. The minimum absolute atomic E-state index is 0.0000528. The predicted octanol–water partition coefficient (Wildman–Crippen LogP) is 4.04. The first-order chi connectivity index (χ1) is 13.9. The van der Waals surface area contributed by atoms with Crippen molar-refractivity contribution in [3.05, 3.63) is 52.0 Å². The second kappa shape index (κ2) is 9.39. The molecule has 0 saturated carbocycles. The van der Waals surface area contributed by atoms with E-state index in [0.717, 1.165) is 18.4 Å². The van der Waals surface area contributed by atoms with Gasteiger partial charge in [-0.1, -0.05) is 13.0 Å². The van der Waals surface area contributed by atoms with E-state index in [4.69, 9.17) is 4.74 Å². The number of ether oxygens (including phenoxy) is 1. The molecular weight excluding hydrogens is 391 g/mol. The Kier molecular flexibility index (Phi) is 6.90. The molecule has 2 aromatic rings. The SMILES string of the molecule is CCC(C)N(CC(=O)N1CCc2sccc2C1COc1cccc(F)c1)C(C)=O. The monoisotopic (exact) mass is 418 g/mol. The lowest BCUT2D eigenvalue weighted by molar-refractivity contribution is -0.143. The van der Waals surface area contributed by atoms with Gasteiger partial charge in [0.25, 0.3) is 0 Å². The van der Waals surface area contributed by atoms with Crippen LogP contribution < -0.4 is 4.74 Å². The molecule has 156 valence electrons. The molecule has 0 aliphatic carbocycles. The van der Waals surface area contributed by atoms with E-state index in [0.29, 0.717) is 12.3 Å². The molecule has 5 nitrogen and oxygen atoms in total. The molecule has 0 spiro atoms. The Labute approximate surface area is 175 Å². The fraction of sp³-hybridized carbons (Fsp3) is 0.455. The number of fused-ring (bicyclic) bond motifs is 1. The first-order valence-electron chi connectivity index (χ1n) is 9.92. The zero-order valence-corrected chi connectivity index (χ0v) is 17.9. The van der Waals surface area contributed by atoms with Gasteiger partial charge < -0.3 is 14.5 Å². The highest BCUT2D eigenvalue weighted by atomic mass is 32.1. The Balaban J connectivity index is 1.78. The third-order valence-electron chi connectivity index (χ3n) is 5.45. The molecule has 3 rings (SSSR count). The molecule has 1 aromatic carbocycles. The number of carbonyl (C=O) groups is 2. The first kappa shape index (κ1) is 21.3. The van der Waals surface area contributed by atoms with Crippen molar-refractivity contribution < 1.29 is 18.7 Å². The summed E-state index contributed by atoms with van der Waals surface area (Å²) in [6.07, 6.45) is 1.58. The van der Waals surface area contributed by atoms with Crippen LogP contribution in [0.4, 0.5) is 4.39 Å². The van der Waals surface area contributed by atoms with Gasteiger partial charge in [0.1, 0.15) is 18.2 Å². The average molecular weight is 419 g/mol. The van der Waals surface area contributed by atoms with Crippen LogP contribution in [0.15, 0.2) is 35.7 Å². The van der Waals surface area contributed by atoms with Gasteiger partial charge in [-0.05, 0) is 48.9 Å². The second-order valence-electron chi connectivity index (χ2n) is 7.32. The number of carbonyl (C=O) groups excluding carboxylic acids is 2. The van der Waals surface area contributed by atoms with Crippen LogP contribution in [-0.2, 0) is 16.0 Å². The van der Waals surface area contributed by atoms with Gasteiger partial charge in [-0.2, -0.15) is 0 Å². The normalized spacial score (nSPS) is 16.8. The van der Waals surface area contributed by atoms with Crippen LogP contribution >= 0.6 is 11.3 Å². The van der Waals surface area contributed by atoms with E-state index in [1.165, 1.54) is 23.9 Å². The number of halogens is 1. The molecule has 0 saturated heterocycles. The average Bonchev–Trinajstić information content (AvgIpc) is 3.18. The third kappa shape index (κ3) is 4.96. The van der Waals surface area contributed by atoms with Gasteiger partial charge >= 0.3 is 0 Å². The number of amides is 2. The summed E-state index contributed by atoms with van der Waals surface area (Å²) in [5, 5.41) is 2.02. The highest BCUT2D eigenvalue weighted by Crippen LogP contribution is 2.34. The Morgan fingerprint density at radius 3 is 2.86 bits per heavy atom. The van der Waals surface area contributed by atoms with Crippen molar-refractivity contribution in [1.82, 2.24) is 9.80 Å². The Morgan fingerprint density at radius 2 is 2.17 bits per heavy atom. The molecule has 1 aliphatic rings. The maximum Gasteiger partial charge on any atom is 0.242 e. The van der Waals surface area contributed by atoms with Crippen molar-refractivity contribution in [1.29, 1.82) is 0 Å². The maximum absolute atomic E-state index is 13.5. The summed E-state index contributed by atoms with van der Waals surface area (Å²) in [4.78, 5) is 29.9. The molecule has 0 fully saturated rings. The van der Waals surface area contributed by atoms with Crippen molar-refractivity contribution in [2.75, 3.05) is 19.7 Å². The largest absolute Gasteiger partial charge is 0.491 e. The number of thiophene rings is 1. The predicted molar refractivity (Wildman–Crippen MR) is 112 cm³/mol. The highest BCUT2D eigenvalue weighted by Gasteiger charge is 2.33. The minimum atomic E-state index is -0.360. The molecule has 29 heavy (non-hydrogen) atoms. The van der Waals surface area contributed by atoms with Gasteiger partial charge in [-0.25, -0.2) is 4.39 Å². The zero-order valence-electron chi connectivity index (χ0n) is 17.1. The third-order valence-corrected chi connectivity index (χ3v) is 6.45. The summed E-state index contributed by atoms with van der Waals surface area (Å²) in [6, 6.07) is 7.77. The van der Waals surface area contributed by atoms with Gasteiger partial charge in [-0.3, -0.25) is 9.59 Å². The molecule has 0 radical (unpaired) electrons.